The van der Waals surface area contributed by atoms with E-state index >= 15 is 0 Å². The number of ether oxygens (including phenoxy) is 1. The Hall–Kier alpha value is -1.82. The molecule has 1 fully saturated rings. The van der Waals surface area contributed by atoms with E-state index < -0.39 is 6.04 Å². The Kier molecular flexibility index (Phi) is 6.01. The molecule has 2 N–H and O–H groups in total. The molecule has 1 unspecified atom stereocenters. The second-order valence-electron chi connectivity index (χ2n) is 6.91. The van der Waals surface area contributed by atoms with E-state index in [1.807, 2.05) is 35.2 Å². The number of amides is 1. The molecular formula is C20H25ClN2O3. The minimum Gasteiger partial charge on any atom is -0.459 e. The third-order valence-corrected chi connectivity index (χ3v) is 5.31. The van der Waals surface area contributed by atoms with E-state index in [4.69, 9.17) is 14.9 Å². The molecule has 0 aliphatic carbocycles. The summed E-state index contributed by atoms with van der Waals surface area (Å²) in [5.41, 5.74) is 8.52. The summed E-state index contributed by atoms with van der Waals surface area (Å²) in [5, 5.41) is 0. The van der Waals surface area contributed by atoms with Gasteiger partial charge in [-0.05, 0) is 36.8 Å². The van der Waals surface area contributed by atoms with Gasteiger partial charge in [-0.2, -0.15) is 0 Å². The summed E-state index contributed by atoms with van der Waals surface area (Å²) in [6.07, 6.45) is 2.55. The maximum atomic E-state index is 12.8. The largest absolute Gasteiger partial charge is 0.459 e. The number of hydrogen-bond donors (Lipinski definition) is 1. The molecule has 3 heterocycles. The molecule has 4 rings (SSSR count). The highest BCUT2D eigenvalue weighted by Crippen LogP contribution is 2.30. The van der Waals surface area contributed by atoms with Crippen LogP contribution < -0.4 is 5.73 Å². The van der Waals surface area contributed by atoms with Crippen molar-refractivity contribution in [3.63, 3.8) is 0 Å². The maximum Gasteiger partial charge on any atom is 0.240 e. The Morgan fingerprint density at radius 3 is 2.65 bits per heavy atom. The highest BCUT2D eigenvalue weighted by Gasteiger charge is 2.32. The van der Waals surface area contributed by atoms with Crippen LogP contribution in [0.2, 0.25) is 0 Å². The van der Waals surface area contributed by atoms with Crippen LogP contribution in [0.15, 0.2) is 40.8 Å². The van der Waals surface area contributed by atoms with E-state index in [9.17, 15) is 4.79 Å². The summed E-state index contributed by atoms with van der Waals surface area (Å²) >= 11 is 0. The van der Waals surface area contributed by atoms with Crippen LogP contribution in [0.4, 0.5) is 0 Å². The summed E-state index contributed by atoms with van der Waals surface area (Å²) in [6, 6.07) is 11.7. The Morgan fingerprint density at radius 1 is 1.19 bits per heavy atom. The van der Waals surface area contributed by atoms with Crippen molar-refractivity contribution in [2.75, 3.05) is 19.8 Å². The van der Waals surface area contributed by atoms with Crippen LogP contribution in [-0.2, 0) is 22.5 Å². The number of rotatable bonds is 3. The van der Waals surface area contributed by atoms with Gasteiger partial charge in [0, 0.05) is 25.3 Å². The van der Waals surface area contributed by atoms with Crippen LogP contribution in [0.25, 0.3) is 11.3 Å². The van der Waals surface area contributed by atoms with E-state index in [1.165, 1.54) is 5.56 Å². The molecule has 0 bridgehead atoms. The van der Waals surface area contributed by atoms with Crippen molar-refractivity contribution in [2.45, 2.75) is 31.8 Å². The molecule has 26 heavy (non-hydrogen) atoms. The third-order valence-electron chi connectivity index (χ3n) is 5.31. The van der Waals surface area contributed by atoms with Crippen LogP contribution in [0, 0.1) is 5.92 Å². The van der Waals surface area contributed by atoms with Crippen LogP contribution in [0.3, 0.4) is 0 Å². The molecule has 1 saturated heterocycles. The first kappa shape index (κ1) is 19.0. The predicted octanol–water partition coefficient (Wildman–Crippen LogP) is 3.01. The van der Waals surface area contributed by atoms with Crippen molar-refractivity contribution in [3.8, 4) is 11.3 Å². The second-order valence-corrected chi connectivity index (χ2v) is 6.91. The zero-order valence-electron chi connectivity index (χ0n) is 14.7. The van der Waals surface area contributed by atoms with E-state index in [2.05, 4.69) is 6.07 Å². The van der Waals surface area contributed by atoms with Gasteiger partial charge in [0.15, 0.2) is 0 Å². The minimum atomic E-state index is -0.436. The molecule has 0 radical (unpaired) electrons. The number of halogens is 1. The number of hydrogen-bond acceptors (Lipinski definition) is 4. The number of furan rings is 1. The number of fused-ring (bicyclic) bond motifs is 1. The average Bonchev–Trinajstić information content (AvgIpc) is 3.11. The van der Waals surface area contributed by atoms with Gasteiger partial charge in [-0.25, -0.2) is 0 Å². The Bertz CT molecular complexity index is 741. The normalized spacial score (nSPS) is 18.7. The van der Waals surface area contributed by atoms with Crippen molar-refractivity contribution < 1.29 is 13.9 Å². The van der Waals surface area contributed by atoms with Crippen LogP contribution >= 0.6 is 12.4 Å². The van der Waals surface area contributed by atoms with Crippen molar-refractivity contribution in [1.29, 1.82) is 0 Å². The van der Waals surface area contributed by atoms with Gasteiger partial charge < -0.3 is 19.8 Å². The molecule has 2 aliphatic heterocycles. The molecule has 1 amide bonds. The standard InChI is InChI=1S/C20H24N2O3.ClH/c21-19(15-7-10-24-11-8-15)20(23)22-9-6-16-12-17(25-18(16)13-22)14-4-2-1-3-5-14;/h1-5,12,15,19H,6-11,13,21H2;1H. The Morgan fingerprint density at radius 2 is 1.92 bits per heavy atom. The minimum absolute atomic E-state index is 0. The molecule has 1 aromatic carbocycles. The highest BCUT2D eigenvalue weighted by atomic mass is 35.5. The van der Waals surface area contributed by atoms with E-state index in [0.29, 0.717) is 26.3 Å². The quantitative estimate of drug-likeness (QED) is 0.894. The van der Waals surface area contributed by atoms with Crippen molar-refractivity contribution >= 4 is 18.3 Å². The SMILES string of the molecule is Cl.NC(C(=O)N1CCc2cc(-c3ccccc3)oc2C1)C1CCOCC1. The van der Waals surface area contributed by atoms with Crippen LogP contribution in [0.1, 0.15) is 24.2 Å². The molecule has 2 aromatic rings. The number of carbonyl (C=O) groups is 1. The van der Waals surface area contributed by atoms with Gasteiger partial charge >= 0.3 is 0 Å². The van der Waals surface area contributed by atoms with Gasteiger partial charge in [-0.1, -0.05) is 30.3 Å². The second kappa shape index (κ2) is 8.25. The molecule has 140 valence electrons. The molecular weight excluding hydrogens is 352 g/mol. The van der Waals surface area contributed by atoms with E-state index in [1.54, 1.807) is 0 Å². The van der Waals surface area contributed by atoms with Gasteiger partial charge in [0.1, 0.15) is 11.5 Å². The Balaban J connectivity index is 0.00000196. The maximum absolute atomic E-state index is 12.8. The molecule has 0 saturated carbocycles. The number of benzene rings is 1. The smallest absolute Gasteiger partial charge is 0.240 e. The van der Waals surface area contributed by atoms with Gasteiger partial charge in [0.05, 0.1) is 12.6 Å². The van der Waals surface area contributed by atoms with E-state index in [-0.39, 0.29) is 24.2 Å². The van der Waals surface area contributed by atoms with Crippen molar-refractivity contribution in [3.05, 3.63) is 47.7 Å². The lowest BCUT2D eigenvalue weighted by molar-refractivity contribution is -0.136. The van der Waals surface area contributed by atoms with Crippen molar-refractivity contribution in [1.82, 2.24) is 4.90 Å². The van der Waals surface area contributed by atoms with E-state index in [0.717, 1.165) is 36.3 Å². The lowest BCUT2D eigenvalue weighted by atomic mass is 9.91. The molecule has 5 nitrogen and oxygen atoms in total. The number of nitrogens with two attached hydrogens (primary N) is 1. The molecule has 0 spiro atoms. The molecule has 1 atom stereocenters. The van der Waals surface area contributed by atoms with Gasteiger partial charge in [-0.3, -0.25) is 4.79 Å². The first-order valence-corrected chi connectivity index (χ1v) is 9.01. The topological polar surface area (TPSA) is 68.7 Å². The third kappa shape index (κ3) is 3.80. The highest BCUT2D eigenvalue weighted by molar-refractivity contribution is 5.85. The lowest BCUT2D eigenvalue weighted by Crippen LogP contribution is -2.50. The van der Waals surface area contributed by atoms with Gasteiger partial charge in [0.2, 0.25) is 5.91 Å². The first-order chi connectivity index (χ1) is 12.2. The zero-order chi connectivity index (χ0) is 17.2. The van der Waals surface area contributed by atoms with Gasteiger partial charge in [0.25, 0.3) is 0 Å². The Labute approximate surface area is 159 Å². The summed E-state index contributed by atoms with van der Waals surface area (Å²) < 4.78 is 11.4. The first-order valence-electron chi connectivity index (χ1n) is 9.01. The zero-order valence-corrected chi connectivity index (χ0v) is 15.5. The monoisotopic (exact) mass is 376 g/mol. The summed E-state index contributed by atoms with van der Waals surface area (Å²) in [6.45, 7) is 2.62. The summed E-state index contributed by atoms with van der Waals surface area (Å²) in [7, 11) is 0. The molecule has 1 aromatic heterocycles. The fourth-order valence-electron chi connectivity index (χ4n) is 3.74. The fourth-order valence-corrected chi connectivity index (χ4v) is 3.74. The number of nitrogens with zero attached hydrogens (tertiary/aromatic N) is 1. The number of carbonyl (C=O) groups excluding carboxylic acids is 1. The summed E-state index contributed by atoms with van der Waals surface area (Å²) in [4.78, 5) is 14.7. The average molecular weight is 377 g/mol. The van der Waals surface area contributed by atoms with Crippen LogP contribution in [-0.4, -0.2) is 36.6 Å². The van der Waals surface area contributed by atoms with Gasteiger partial charge in [-0.15, -0.1) is 12.4 Å². The van der Waals surface area contributed by atoms with Crippen LogP contribution in [0.5, 0.6) is 0 Å². The summed E-state index contributed by atoms with van der Waals surface area (Å²) in [5.74, 6) is 2.01. The van der Waals surface area contributed by atoms with Crippen molar-refractivity contribution in [2.24, 2.45) is 11.7 Å². The fraction of sp³-hybridized carbons (Fsp3) is 0.450. The molecule has 6 heteroatoms. The lowest BCUT2D eigenvalue weighted by Gasteiger charge is -2.33. The predicted molar refractivity (Wildman–Crippen MR) is 102 cm³/mol. The molecule has 2 aliphatic rings.